The van der Waals surface area contributed by atoms with Crippen LogP contribution in [0.4, 0.5) is 0 Å². The number of hydrogen-bond acceptors (Lipinski definition) is 5. The van der Waals surface area contributed by atoms with Gasteiger partial charge in [0.25, 0.3) is 0 Å². The molecule has 1 heterocycles. The Labute approximate surface area is 102 Å². The molecule has 0 aliphatic heterocycles. The summed E-state index contributed by atoms with van der Waals surface area (Å²) >= 11 is 0. The molecule has 0 unspecified atom stereocenters. The van der Waals surface area contributed by atoms with Gasteiger partial charge in [-0.2, -0.15) is 0 Å². The summed E-state index contributed by atoms with van der Waals surface area (Å²) in [7, 11) is 1.74. The number of aryl methyl sites for hydroxylation is 1. The van der Waals surface area contributed by atoms with Crippen LogP contribution in [0, 0.1) is 0 Å². The van der Waals surface area contributed by atoms with Crippen LogP contribution in [0.3, 0.4) is 0 Å². The Morgan fingerprint density at radius 3 is 3.00 bits per heavy atom. The average Bonchev–Trinajstić information content (AvgIpc) is 3.06. The monoisotopic (exact) mass is 239 g/mol. The second-order valence-electron chi connectivity index (χ2n) is 4.53. The Balaban J connectivity index is 1.66. The van der Waals surface area contributed by atoms with Crippen molar-refractivity contribution in [1.29, 1.82) is 0 Å². The highest BCUT2D eigenvalue weighted by Crippen LogP contribution is 2.18. The first-order valence-corrected chi connectivity index (χ1v) is 6.37. The van der Waals surface area contributed by atoms with Crippen LogP contribution >= 0.6 is 0 Å². The Bertz CT molecular complexity index is 323. The van der Waals surface area contributed by atoms with Crippen LogP contribution in [-0.4, -0.2) is 40.0 Å². The first-order valence-electron chi connectivity index (χ1n) is 6.37. The van der Waals surface area contributed by atoms with Gasteiger partial charge in [0.15, 0.2) is 5.82 Å². The number of tetrazole rings is 1. The molecule has 0 radical (unpaired) electrons. The molecule has 6 heteroatoms. The number of nitrogens with one attached hydrogen (secondary N) is 1. The number of aromatic nitrogens is 4. The third-order valence-corrected chi connectivity index (χ3v) is 2.95. The quantitative estimate of drug-likeness (QED) is 0.644. The fraction of sp³-hybridized carbons (Fsp3) is 0.909. The van der Waals surface area contributed by atoms with Crippen molar-refractivity contribution in [2.45, 2.75) is 51.2 Å². The second kappa shape index (κ2) is 6.66. The van der Waals surface area contributed by atoms with E-state index in [1.165, 1.54) is 12.8 Å². The van der Waals surface area contributed by atoms with Crippen LogP contribution in [0.5, 0.6) is 0 Å². The van der Waals surface area contributed by atoms with Gasteiger partial charge in [0.05, 0.1) is 6.54 Å². The van der Waals surface area contributed by atoms with Crippen LogP contribution in [-0.2, 0) is 17.8 Å². The van der Waals surface area contributed by atoms with Gasteiger partial charge < -0.3 is 10.1 Å². The molecular weight excluding hydrogens is 218 g/mol. The summed E-state index contributed by atoms with van der Waals surface area (Å²) in [6, 6.07) is 0.696. The minimum Gasteiger partial charge on any atom is -0.385 e. The van der Waals surface area contributed by atoms with E-state index in [0.29, 0.717) is 6.04 Å². The van der Waals surface area contributed by atoms with Crippen molar-refractivity contribution < 1.29 is 4.74 Å². The number of rotatable bonds is 9. The zero-order chi connectivity index (χ0) is 11.9. The standard InChI is InChI=1S/C11H21N5O/c1-17-8-4-2-3-7-16-11(13-14-15-16)9-12-10-5-6-10/h10,12H,2-9H2,1H3. The zero-order valence-electron chi connectivity index (χ0n) is 10.4. The van der Waals surface area contributed by atoms with E-state index >= 15 is 0 Å². The molecule has 6 nitrogen and oxygen atoms in total. The summed E-state index contributed by atoms with van der Waals surface area (Å²) in [5.41, 5.74) is 0. The molecule has 1 saturated carbocycles. The lowest BCUT2D eigenvalue weighted by Gasteiger charge is -2.05. The van der Waals surface area contributed by atoms with Crippen LogP contribution in [0.2, 0.25) is 0 Å². The maximum absolute atomic E-state index is 5.02. The molecule has 0 aromatic carbocycles. The van der Waals surface area contributed by atoms with Gasteiger partial charge in [-0.05, 0) is 42.5 Å². The summed E-state index contributed by atoms with van der Waals surface area (Å²) in [5, 5.41) is 15.2. The SMILES string of the molecule is COCCCCCn1nnnc1CNC1CC1. The number of unbranched alkanes of at least 4 members (excludes halogenated alkanes) is 2. The number of methoxy groups -OCH3 is 1. The summed E-state index contributed by atoms with van der Waals surface area (Å²) in [6.07, 6.45) is 5.94. The van der Waals surface area contributed by atoms with Gasteiger partial charge >= 0.3 is 0 Å². The van der Waals surface area contributed by atoms with E-state index in [1.807, 2.05) is 4.68 Å². The minimum atomic E-state index is 0.696. The summed E-state index contributed by atoms with van der Waals surface area (Å²) < 4.78 is 6.92. The average molecular weight is 239 g/mol. The highest BCUT2D eigenvalue weighted by atomic mass is 16.5. The lowest BCUT2D eigenvalue weighted by molar-refractivity contribution is 0.191. The number of nitrogens with zero attached hydrogens (tertiary/aromatic N) is 4. The Morgan fingerprint density at radius 2 is 2.24 bits per heavy atom. The van der Waals surface area contributed by atoms with Crippen molar-refractivity contribution >= 4 is 0 Å². The lowest BCUT2D eigenvalue weighted by Crippen LogP contribution is -2.19. The minimum absolute atomic E-state index is 0.696. The van der Waals surface area contributed by atoms with Crippen LogP contribution in [0.15, 0.2) is 0 Å². The van der Waals surface area contributed by atoms with Crippen molar-refractivity contribution in [3.05, 3.63) is 5.82 Å². The molecule has 1 aromatic heterocycles. The summed E-state index contributed by atoms with van der Waals surface area (Å²) in [4.78, 5) is 0. The Kier molecular flexibility index (Phi) is 4.88. The molecular formula is C11H21N5O. The molecule has 2 rings (SSSR count). The number of ether oxygens (including phenoxy) is 1. The van der Waals surface area contributed by atoms with Gasteiger partial charge in [0, 0.05) is 26.3 Å². The van der Waals surface area contributed by atoms with Crippen molar-refractivity contribution in [3.8, 4) is 0 Å². The van der Waals surface area contributed by atoms with Gasteiger partial charge in [-0.25, -0.2) is 4.68 Å². The maximum atomic E-state index is 5.02. The fourth-order valence-corrected chi connectivity index (χ4v) is 1.73. The highest BCUT2D eigenvalue weighted by Gasteiger charge is 2.21. The van der Waals surface area contributed by atoms with Gasteiger partial charge in [-0.15, -0.1) is 5.10 Å². The molecule has 17 heavy (non-hydrogen) atoms. The van der Waals surface area contributed by atoms with E-state index in [-0.39, 0.29) is 0 Å². The number of hydrogen-bond donors (Lipinski definition) is 1. The van der Waals surface area contributed by atoms with Crippen molar-refractivity contribution in [2.75, 3.05) is 13.7 Å². The van der Waals surface area contributed by atoms with E-state index < -0.39 is 0 Å². The molecule has 0 amide bonds. The van der Waals surface area contributed by atoms with E-state index in [0.717, 1.165) is 44.8 Å². The smallest absolute Gasteiger partial charge is 0.165 e. The Morgan fingerprint density at radius 1 is 1.35 bits per heavy atom. The Hall–Kier alpha value is -1.01. The molecule has 1 N–H and O–H groups in total. The maximum Gasteiger partial charge on any atom is 0.165 e. The zero-order valence-corrected chi connectivity index (χ0v) is 10.4. The predicted octanol–water partition coefficient (Wildman–Crippen LogP) is 0.742. The molecule has 1 aliphatic carbocycles. The first kappa shape index (κ1) is 12.4. The molecule has 0 atom stereocenters. The van der Waals surface area contributed by atoms with E-state index in [2.05, 4.69) is 20.8 Å². The second-order valence-corrected chi connectivity index (χ2v) is 4.53. The topological polar surface area (TPSA) is 64.9 Å². The van der Waals surface area contributed by atoms with Gasteiger partial charge in [0.1, 0.15) is 0 Å². The van der Waals surface area contributed by atoms with Gasteiger partial charge in [0.2, 0.25) is 0 Å². The van der Waals surface area contributed by atoms with E-state index in [9.17, 15) is 0 Å². The van der Waals surface area contributed by atoms with Crippen LogP contribution in [0.25, 0.3) is 0 Å². The summed E-state index contributed by atoms with van der Waals surface area (Å²) in [6.45, 7) is 2.53. The molecule has 0 saturated heterocycles. The lowest BCUT2D eigenvalue weighted by atomic mass is 10.2. The van der Waals surface area contributed by atoms with Gasteiger partial charge in [-0.1, -0.05) is 0 Å². The van der Waals surface area contributed by atoms with Crippen molar-refractivity contribution in [3.63, 3.8) is 0 Å². The first-order chi connectivity index (χ1) is 8.40. The third kappa shape index (κ3) is 4.40. The van der Waals surface area contributed by atoms with E-state index in [4.69, 9.17) is 4.74 Å². The molecule has 1 aromatic rings. The summed E-state index contributed by atoms with van der Waals surface area (Å²) in [5.74, 6) is 0.948. The molecule has 96 valence electrons. The normalized spacial score (nSPS) is 15.4. The molecule has 1 aliphatic rings. The van der Waals surface area contributed by atoms with Gasteiger partial charge in [-0.3, -0.25) is 0 Å². The van der Waals surface area contributed by atoms with Crippen molar-refractivity contribution in [2.24, 2.45) is 0 Å². The highest BCUT2D eigenvalue weighted by molar-refractivity contribution is 4.86. The van der Waals surface area contributed by atoms with Crippen LogP contribution in [0.1, 0.15) is 37.9 Å². The molecule has 0 spiro atoms. The van der Waals surface area contributed by atoms with Crippen LogP contribution < -0.4 is 5.32 Å². The largest absolute Gasteiger partial charge is 0.385 e. The fourth-order valence-electron chi connectivity index (χ4n) is 1.73. The van der Waals surface area contributed by atoms with E-state index in [1.54, 1.807) is 7.11 Å². The molecule has 1 fully saturated rings. The molecule has 0 bridgehead atoms. The predicted molar refractivity (Wildman–Crippen MR) is 63.4 cm³/mol. The van der Waals surface area contributed by atoms with Crippen molar-refractivity contribution in [1.82, 2.24) is 25.5 Å². The third-order valence-electron chi connectivity index (χ3n) is 2.95.